The Balaban J connectivity index is 1.44. The van der Waals surface area contributed by atoms with Crippen molar-refractivity contribution in [1.82, 2.24) is 9.80 Å². The Hall–Kier alpha value is -4.81. The van der Waals surface area contributed by atoms with Crippen LogP contribution < -0.4 is 5.73 Å². The van der Waals surface area contributed by atoms with E-state index in [-0.39, 0.29) is 47.2 Å². The number of aliphatic hydroxyl groups excluding tert-OH is 2. The minimum absolute atomic E-state index is 0.0245. The second-order valence-corrected chi connectivity index (χ2v) is 11.3. The van der Waals surface area contributed by atoms with Gasteiger partial charge >= 0.3 is 0 Å². The fourth-order valence-corrected chi connectivity index (χ4v) is 6.94. The van der Waals surface area contributed by atoms with Crippen LogP contribution in [0.25, 0.3) is 5.76 Å². The van der Waals surface area contributed by atoms with Gasteiger partial charge in [0.25, 0.3) is 17.7 Å². The van der Waals surface area contributed by atoms with Crippen LogP contribution in [0.15, 0.2) is 53.3 Å². The lowest BCUT2D eigenvalue weighted by atomic mass is 9.57. The van der Waals surface area contributed by atoms with Gasteiger partial charge in [0, 0.05) is 17.1 Å². The summed E-state index contributed by atoms with van der Waals surface area (Å²) in [5.74, 6) is -8.47. The highest BCUT2D eigenvalue weighted by Gasteiger charge is 2.64. The summed E-state index contributed by atoms with van der Waals surface area (Å²) in [5.41, 5.74) is 2.38. The Morgan fingerprint density at radius 2 is 1.64 bits per heavy atom. The van der Waals surface area contributed by atoms with Gasteiger partial charge in [-0.25, -0.2) is 0 Å². The summed E-state index contributed by atoms with van der Waals surface area (Å²) in [6.45, 7) is -0.310. The molecule has 4 aliphatic rings. The lowest BCUT2D eigenvalue weighted by molar-refractivity contribution is -0.153. The molecule has 6 rings (SSSR count). The molecular formula is C30H27N3O9. The van der Waals surface area contributed by atoms with Crippen LogP contribution in [-0.2, 0) is 27.3 Å². The number of Topliss-reactive ketones (excluding diaryl/α,β-unsaturated/α-hetero) is 2. The van der Waals surface area contributed by atoms with Crippen LogP contribution in [-0.4, -0.2) is 85.3 Å². The van der Waals surface area contributed by atoms with Crippen LogP contribution >= 0.6 is 0 Å². The number of nitrogens with two attached hydrogens (primary N) is 1. The molecule has 0 saturated heterocycles. The quantitative estimate of drug-likeness (QED) is 0.257. The van der Waals surface area contributed by atoms with Crippen molar-refractivity contribution in [2.45, 2.75) is 31.0 Å². The third kappa shape index (κ3) is 3.45. The van der Waals surface area contributed by atoms with Crippen LogP contribution in [0.2, 0.25) is 0 Å². The van der Waals surface area contributed by atoms with E-state index in [1.54, 1.807) is 18.2 Å². The predicted octanol–water partition coefficient (Wildman–Crippen LogP) is 0.760. The highest BCUT2D eigenvalue weighted by atomic mass is 16.3. The van der Waals surface area contributed by atoms with Crippen molar-refractivity contribution in [3.05, 3.63) is 81.1 Å². The van der Waals surface area contributed by atoms with E-state index in [9.17, 15) is 44.4 Å². The molecule has 1 fully saturated rings. The van der Waals surface area contributed by atoms with Gasteiger partial charge < -0.3 is 26.2 Å². The van der Waals surface area contributed by atoms with Gasteiger partial charge in [-0.2, -0.15) is 0 Å². The third-order valence-electron chi connectivity index (χ3n) is 8.88. The molecular weight excluding hydrogens is 546 g/mol. The van der Waals surface area contributed by atoms with Crippen molar-refractivity contribution in [2.24, 2.45) is 17.6 Å². The highest BCUT2D eigenvalue weighted by molar-refractivity contribution is 6.24. The number of likely N-dealkylation sites (N-methyl/N-ethyl adjacent to an activating group) is 1. The van der Waals surface area contributed by atoms with Gasteiger partial charge in [-0.3, -0.25) is 33.8 Å². The second-order valence-electron chi connectivity index (χ2n) is 11.3. The number of fused-ring (bicyclic) bond motifs is 4. The first-order valence-corrected chi connectivity index (χ1v) is 13.2. The SMILES string of the molecule is CN(C)[C@@H]1C(=O)C(C(N)=O)=C(O)[C@@]2(O)C(=O)C3=C(O)c4c(ccc(CN5C(=O)c6ccccc6C5=O)c4O)C[C@H]3C[C@@H]12. The summed E-state index contributed by atoms with van der Waals surface area (Å²) in [7, 11) is 3.06. The zero-order valence-electron chi connectivity index (χ0n) is 22.6. The first-order chi connectivity index (χ1) is 19.8. The molecule has 3 aliphatic carbocycles. The number of primary amides is 1. The molecule has 4 atom stereocenters. The zero-order chi connectivity index (χ0) is 30.4. The molecule has 2 aromatic carbocycles. The number of benzene rings is 2. The number of aromatic hydroxyl groups is 1. The van der Waals surface area contributed by atoms with E-state index >= 15 is 0 Å². The van der Waals surface area contributed by atoms with E-state index in [0.29, 0.717) is 5.56 Å². The number of imide groups is 1. The van der Waals surface area contributed by atoms with E-state index in [2.05, 4.69) is 0 Å². The van der Waals surface area contributed by atoms with Gasteiger partial charge in [0.05, 0.1) is 29.3 Å². The van der Waals surface area contributed by atoms with Crippen LogP contribution in [0.5, 0.6) is 5.75 Å². The number of carbonyl (C=O) groups is 5. The lowest BCUT2D eigenvalue weighted by Crippen LogP contribution is -2.65. The Kier molecular flexibility index (Phi) is 5.93. The maximum absolute atomic E-state index is 14.0. The van der Waals surface area contributed by atoms with E-state index in [1.807, 2.05) is 0 Å². The number of hydrogen-bond acceptors (Lipinski definition) is 10. The van der Waals surface area contributed by atoms with Crippen molar-refractivity contribution in [1.29, 1.82) is 0 Å². The Morgan fingerprint density at radius 1 is 1.02 bits per heavy atom. The monoisotopic (exact) mass is 573 g/mol. The first-order valence-electron chi connectivity index (χ1n) is 13.2. The molecule has 0 unspecified atom stereocenters. The second kappa shape index (κ2) is 9.10. The fourth-order valence-electron chi connectivity index (χ4n) is 6.94. The van der Waals surface area contributed by atoms with Crippen LogP contribution in [0, 0.1) is 11.8 Å². The average molecular weight is 574 g/mol. The van der Waals surface area contributed by atoms with Gasteiger partial charge in [-0.15, -0.1) is 0 Å². The third-order valence-corrected chi connectivity index (χ3v) is 8.88. The van der Waals surface area contributed by atoms with Crippen LogP contribution in [0.3, 0.4) is 0 Å². The standard InChI is InChI=1S/C30H27N3O9/c1-32(2)21-17-10-14-9-12-7-8-13(11-33-28(40)15-5-3-4-6-16(15)29(33)41)22(34)18(12)23(35)19(14)25(37)30(17,42)26(38)20(24(21)36)27(31)39/h3-8,14,17,21,34-35,38,42H,9-11H2,1-2H3,(H2,31,39)/t14-,17-,21-,30-/m0/s1. The summed E-state index contributed by atoms with van der Waals surface area (Å²) in [6, 6.07) is 8.28. The number of phenols is 1. The van der Waals surface area contributed by atoms with Crippen LogP contribution in [0.1, 0.15) is 43.8 Å². The van der Waals surface area contributed by atoms with Crippen molar-refractivity contribution >= 4 is 35.0 Å². The molecule has 42 heavy (non-hydrogen) atoms. The van der Waals surface area contributed by atoms with Crippen molar-refractivity contribution in [2.75, 3.05) is 14.1 Å². The number of ketones is 2. The summed E-state index contributed by atoms with van der Waals surface area (Å²) < 4.78 is 0. The number of nitrogens with zero attached hydrogens (tertiary/aromatic N) is 2. The van der Waals surface area contributed by atoms with Crippen molar-refractivity contribution in [3.8, 4) is 5.75 Å². The number of phenolic OH excluding ortho intramolecular Hbond substituents is 1. The molecule has 0 radical (unpaired) electrons. The Morgan fingerprint density at radius 3 is 2.21 bits per heavy atom. The topological polar surface area (TPSA) is 199 Å². The largest absolute Gasteiger partial charge is 0.508 e. The molecule has 12 nitrogen and oxygen atoms in total. The first kappa shape index (κ1) is 27.4. The maximum atomic E-state index is 14.0. The van der Waals surface area contributed by atoms with Gasteiger partial charge in [-0.1, -0.05) is 24.3 Å². The molecule has 0 spiro atoms. The number of rotatable bonds is 4. The number of carbonyl (C=O) groups excluding carboxylic acids is 5. The van der Waals surface area contributed by atoms with E-state index < -0.39 is 75.6 Å². The van der Waals surface area contributed by atoms with Gasteiger partial charge in [-0.05, 0) is 50.6 Å². The molecule has 1 aliphatic heterocycles. The van der Waals surface area contributed by atoms with Crippen molar-refractivity contribution < 1.29 is 44.4 Å². The van der Waals surface area contributed by atoms with E-state index in [0.717, 1.165) is 4.90 Å². The summed E-state index contributed by atoms with van der Waals surface area (Å²) in [5, 5.41) is 45.3. The van der Waals surface area contributed by atoms with Gasteiger partial charge in [0.15, 0.2) is 11.4 Å². The number of hydrogen-bond donors (Lipinski definition) is 5. The lowest BCUT2D eigenvalue weighted by Gasteiger charge is -2.50. The molecule has 2 aromatic rings. The molecule has 1 heterocycles. The van der Waals surface area contributed by atoms with Crippen molar-refractivity contribution in [3.63, 3.8) is 0 Å². The minimum Gasteiger partial charge on any atom is -0.508 e. The average Bonchev–Trinajstić information content (AvgIpc) is 3.16. The van der Waals surface area contributed by atoms with E-state index in [1.165, 1.54) is 37.2 Å². The molecule has 0 aromatic heterocycles. The summed E-state index contributed by atoms with van der Waals surface area (Å²) in [6.07, 6.45) is 0.110. The van der Waals surface area contributed by atoms with Crippen LogP contribution in [0.4, 0.5) is 0 Å². The molecule has 12 heteroatoms. The zero-order valence-corrected chi connectivity index (χ0v) is 22.6. The fraction of sp³-hybridized carbons (Fsp3) is 0.300. The molecule has 0 bridgehead atoms. The Bertz CT molecular complexity index is 1690. The molecule has 3 amide bonds. The molecule has 6 N–H and O–H groups in total. The summed E-state index contributed by atoms with van der Waals surface area (Å²) in [4.78, 5) is 67.4. The highest BCUT2D eigenvalue weighted by Crippen LogP contribution is 2.53. The smallest absolute Gasteiger partial charge is 0.261 e. The van der Waals surface area contributed by atoms with E-state index in [4.69, 9.17) is 5.73 Å². The number of aliphatic hydroxyl groups is 3. The minimum atomic E-state index is -2.74. The van der Waals surface area contributed by atoms with Gasteiger partial charge in [0.2, 0.25) is 5.78 Å². The number of amides is 3. The summed E-state index contributed by atoms with van der Waals surface area (Å²) >= 11 is 0. The molecule has 1 saturated carbocycles. The predicted molar refractivity (Wildman–Crippen MR) is 145 cm³/mol. The van der Waals surface area contributed by atoms with Gasteiger partial charge in [0.1, 0.15) is 22.8 Å². The molecule has 216 valence electrons. The normalized spacial score (nSPS) is 26.9. The maximum Gasteiger partial charge on any atom is 0.261 e. The Labute approximate surface area is 238 Å².